The van der Waals surface area contributed by atoms with E-state index in [9.17, 15) is 0 Å². The first-order valence-corrected chi connectivity index (χ1v) is 10.4. The summed E-state index contributed by atoms with van der Waals surface area (Å²) in [5, 5.41) is 0. The molecule has 1 aliphatic carbocycles. The highest BCUT2D eigenvalue weighted by Crippen LogP contribution is 2.01. The third kappa shape index (κ3) is 19.2. The zero-order valence-electron chi connectivity index (χ0n) is 18.1. The minimum absolute atomic E-state index is 0.834. The van der Waals surface area contributed by atoms with Crippen LogP contribution in [0.4, 0.5) is 0 Å². The van der Waals surface area contributed by atoms with Crippen molar-refractivity contribution in [2.75, 3.05) is 0 Å². The minimum atomic E-state index is 0.834. The third-order valence-corrected chi connectivity index (χ3v) is 3.63. The van der Waals surface area contributed by atoms with Crippen molar-refractivity contribution in [3.63, 3.8) is 0 Å². The van der Waals surface area contributed by atoms with Crippen LogP contribution in [0.25, 0.3) is 0 Å². The lowest BCUT2D eigenvalue weighted by Gasteiger charge is -1.90. The van der Waals surface area contributed by atoms with Crippen molar-refractivity contribution in [3.8, 4) is 0 Å². The zero-order chi connectivity index (χ0) is 22.1. The van der Waals surface area contributed by atoms with E-state index in [1.807, 2.05) is 164 Å². The Labute approximate surface area is 188 Å². The van der Waals surface area contributed by atoms with Crippen molar-refractivity contribution >= 4 is 0 Å². The normalized spacial score (nSPS) is 30.9. The molecule has 0 N–H and O–H groups in total. The molecule has 0 aliphatic heterocycles. The average molecular weight is 405 g/mol. The van der Waals surface area contributed by atoms with Gasteiger partial charge in [-0.25, -0.2) is 0 Å². The van der Waals surface area contributed by atoms with Gasteiger partial charge in [-0.1, -0.05) is 182 Å². The molecule has 0 heterocycles. The zero-order valence-corrected chi connectivity index (χ0v) is 18.1. The van der Waals surface area contributed by atoms with Crippen LogP contribution < -0.4 is 0 Å². The summed E-state index contributed by atoms with van der Waals surface area (Å²) in [5.41, 5.74) is 1.07. The van der Waals surface area contributed by atoms with Gasteiger partial charge in [0, 0.05) is 0 Å². The van der Waals surface area contributed by atoms with E-state index in [4.69, 9.17) is 0 Å². The van der Waals surface area contributed by atoms with E-state index < -0.39 is 0 Å². The Balaban J connectivity index is 2.69. The van der Waals surface area contributed by atoms with Crippen LogP contribution >= 0.6 is 0 Å². The molecule has 0 aromatic carbocycles. The predicted molar refractivity (Wildman–Crippen MR) is 142 cm³/mol. The maximum atomic E-state index is 4.06. The highest BCUT2D eigenvalue weighted by Gasteiger charge is 1.81. The second-order valence-electron chi connectivity index (χ2n) is 6.27. The topological polar surface area (TPSA) is 0 Å². The average Bonchev–Trinajstić information content (AvgIpc) is 2.77. The number of hydrogen-bond donors (Lipinski definition) is 0. The second kappa shape index (κ2) is 20.8. The highest BCUT2D eigenvalue weighted by molar-refractivity contribution is 5.26. The first kappa shape index (κ1) is 25.1. The van der Waals surface area contributed by atoms with E-state index >= 15 is 0 Å². The third-order valence-electron chi connectivity index (χ3n) is 3.63. The largest absolute Gasteiger partial charge is 0.0955 e. The Kier molecular flexibility index (Phi) is 16.9. The van der Waals surface area contributed by atoms with Crippen LogP contribution in [0.5, 0.6) is 0 Å². The van der Waals surface area contributed by atoms with Gasteiger partial charge in [0.2, 0.25) is 0 Å². The molecule has 0 spiro atoms. The molecule has 0 heteroatoms. The molecule has 156 valence electrons. The molecular formula is C31H32. The van der Waals surface area contributed by atoms with Crippen molar-refractivity contribution in [1.29, 1.82) is 0 Å². The smallest absolute Gasteiger partial charge is 0.0100 e. The first-order chi connectivity index (χ1) is 15.4. The predicted octanol–water partition coefficient (Wildman–Crippen LogP) is 8.73. The fourth-order valence-corrected chi connectivity index (χ4v) is 2.10. The Morgan fingerprint density at radius 1 is 0.323 bits per heavy atom. The Hall–Kier alpha value is -3.90. The van der Waals surface area contributed by atoms with E-state index in [-0.39, 0.29) is 0 Å². The molecule has 0 bridgehead atoms. The fraction of sp³-hybridized carbons (Fsp3) is 0.0323. The maximum Gasteiger partial charge on any atom is -0.0100 e. The van der Waals surface area contributed by atoms with Gasteiger partial charge in [0.25, 0.3) is 0 Å². The molecule has 0 saturated carbocycles. The molecule has 1 rings (SSSR count). The summed E-state index contributed by atoms with van der Waals surface area (Å²) in [5.74, 6) is 0. The SMILES string of the molecule is C=C1\C=C/C=C/C=C/C=C/C=C/C=C/C=C\C=C\C=C\C=C\C=C\C=C\C=C\C=C/C1. The standard InChI is InChI=1S/C31H32/c1-31-29-27-25-23-21-19-17-15-13-11-9-7-5-3-2-4-6-8-10-12-14-16-18-20-22-24-26-28-30-31/h2-29H,1,30H2/b4-2+,5-3-,8-6+,9-7+,12-10+,13-11+,16-14+,17-15+,20-18+,21-19+,24-22+,25-23+,28-26-,29-27-. The van der Waals surface area contributed by atoms with E-state index in [0.29, 0.717) is 0 Å². The molecule has 0 nitrogen and oxygen atoms in total. The van der Waals surface area contributed by atoms with Crippen LogP contribution in [-0.4, -0.2) is 0 Å². The van der Waals surface area contributed by atoms with E-state index in [1.54, 1.807) is 0 Å². The maximum absolute atomic E-state index is 4.06. The summed E-state index contributed by atoms with van der Waals surface area (Å²) in [7, 11) is 0. The van der Waals surface area contributed by atoms with Crippen molar-refractivity contribution in [2.45, 2.75) is 6.42 Å². The summed E-state index contributed by atoms with van der Waals surface area (Å²) >= 11 is 0. The van der Waals surface area contributed by atoms with Crippen molar-refractivity contribution in [3.05, 3.63) is 182 Å². The van der Waals surface area contributed by atoms with Gasteiger partial charge in [-0.3, -0.25) is 0 Å². The van der Waals surface area contributed by atoms with E-state index in [2.05, 4.69) is 12.7 Å². The van der Waals surface area contributed by atoms with Crippen molar-refractivity contribution in [2.24, 2.45) is 0 Å². The highest BCUT2D eigenvalue weighted by atomic mass is 13.9. The van der Waals surface area contributed by atoms with Crippen LogP contribution in [0.2, 0.25) is 0 Å². The Bertz CT molecular complexity index is 905. The van der Waals surface area contributed by atoms with Crippen LogP contribution in [-0.2, 0) is 0 Å². The molecule has 1 aliphatic rings. The summed E-state index contributed by atoms with van der Waals surface area (Å²) < 4.78 is 0. The molecule has 0 saturated heterocycles. The molecule has 0 atom stereocenters. The van der Waals surface area contributed by atoms with Crippen LogP contribution in [0.15, 0.2) is 182 Å². The van der Waals surface area contributed by atoms with Gasteiger partial charge in [0.1, 0.15) is 0 Å². The number of allylic oxidation sites excluding steroid dienone is 29. The van der Waals surface area contributed by atoms with Gasteiger partial charge < -0.3 is 0 Å². The van der Waals surface area contributed by atoms with Gasteiger partial charge >= 0.3 is 0 Å². The molecule has 0 radical (unpaired) electrons. The Morgan fingerprint density at radius 3 is 0.839 bits per heavy atom. The molecular weight excluding hydrogens is 372 g/mol. The van der Waals surface area contributed by atoms with Crippen LogP contribution in [0, 0.1) is 0 Å². The first-order valence-electron chi connectivity index (χ1n) is 10.4. The van der Waals surface area contributed by atoms with Gasteiger partial charge in [-0.2, -0.15) is 0 Å². The van der Waals surface area contributed by atoms with Gasteiger partial charge in [-0.15, -0.1) is 0 Å². The van der Waals surface area contributed by atoms with Crippen LogP contribution in [0.3, 0.4) is 0 Å². The monoisotopic (exact) mass is 404 g/mol. The lowest BCUT2D eigenvalue weighted by atomic mass is 10.2. The van der Waals surface area contributed by atoms with Gasteiger partial charge in [0.05, 0.1) is 0 Å². The van der Waals surface area contributed by atoms with Gasteiger partial charge in [0.15, 0.2) is 0 Å². The quantitative estimate of drug-likeness (QED) is 0.378. The molecule has 0 aromatic rings. The lowest BCUT2D eigenvalue weighted by Crippen LogP contribution is -1.70. The molecule has 0 amide bonds. The second-order valence-corrected chi connectivity index (χ2v) is 6.27. The minimum Gasteiger partial charge on any atom is -0.0955 e. The van der Waals surface area contributed by atoms with Crippen molar-refractivity contribution in [1.82, 2.24) is 0 Å². The summed E-state index contributed by atoms with van der Waals surface area (Å²) in [6.07, 6.45) is 57.0. The summed E-state index contributed by atoms with van der Waals surface area (Å²) in [6.45, 7) is 4.06. The molecule has 0 unspecified atom stereocenters. The van der Waals surface area contributed by atoms with Crippen LogP contribution in [0.1, 0.15) is 6.42 Å². The molecule has 31 heavy (non-hydrogen) atoms. The molecule has 0 aromatic heterocycles. The fourth-order valence-electron chi connectivity index (χ4n) is 2.10. The molecule has 0 fully saturated rings. The number of hydrogen-bond acceptors (Lipinski definition) is 0. The Morgan fingerprint density at radius 2 is 0.548 bits per heavy atom. The summed E-state index contributed by atoms with van der Waals surface area (Å²) in [4.78, 5) is 0. The summed E-state index contributed by atoms with van der Waals surface area (Å²) in [6, 6.07) is 0. The van der Waals surface area contributed by atoms with Gasteiger partial charge in [-0.05, 0) is 6.42 Å². The van der Waals surface area contributed by atoms with E-state index in [0.717, 1.165) is 12.0 Å². The van der Waals surface area contributed by atoms with Crippen molar-refractivity contribution < 1.29 is 0 Å². The number of rotatable bonds is 0. The lowest BCUT2D eigenvalue weighted by molar-refractivity contribution is 1.30. The van der Waals surface area contributed by atoms with E-state index in [1.165, 1.54) is 0 Å².